The minimum atomic E-state index is -5.52. The number of phosphoric ester groups is 5. The zero-order chi connectivity index (χ0) is 115. The van der Waals surface area contributed by atoms with E-state index in [-0.39, 0.29) is 149 Å². The Labute approximate surface area is 871 Å². The van der Waals surface area contributed by atoms with Crippen molar-refractivity contribution in [2.75, 3.05) is 59.7 Å². The number of hydrogen-bond donors (Lipinski definition) is 16. The molecule has 10 aliphatic rings. The van der Waals surface area contributed by atoms with Crippen LogP contribution in [-0.4, -0.2) is 193 Å². The lowest BCUT2D eigenvalue weighted by Gasteiger charge is -2.42. The maximum Gasteiger partial charge on any atom is 0.490 e. The van der Waals surface area contributed by atoms with Gasteiger partial charge < -0.3 is 103 Å². The van der Waals surface area contributed by atoms with E-state index in [1.165, 1.54) is 5.57 Å². The average molecular weight is 2420 g/mol. The van der Waals surface area contributed by atoms with Crippen LogP contribution in [0.3, 0.4) is 0 Å². The summed E-state index contributed by atoms with van der Waals surface area (Å²) in [6.07, 6.45) is 28.0. The summed E-state index contributed by atoms with van der Waals surface area (Å²) in [6.45, 7) is 65.1. The lowest BCUT2D eigenvalue weighted by molar-refractivity contribution is 0.119. The molecule has 0 spiro atoms. The third-order valence-corrected chi connectivity index (χ3v) is 49.5. The topological polar surface area (TPSA) is 734 Å². The van der Waals surface area contributed by atoms with Gasteiger partial charge in [-0.3, -0.25) is 40.9 Å². The van der Waals surface area contributed by atoms with E-state index in [4.69, 9.17) is 52.0 Å². The molecule has 51 nitrogen and oxygen atoms in total. The Morgan fingerprint density at radius 1 is 0.302 bits per heavy atom. The van der Waals surface area contributed by atoms with Gasteiger partial charge in [0, 0.05) is 129 Å². The molecule has 0 radical (unpaired) electrons. The van der Waals surface area contributed by atoms with Crippen molar-refractivity contribution >= 4 is 116 Å². The molecule has 5 saturated carbocycles. The van der Waals surface area contributed by atoms with Crippen LogP contribution in [0.2, 0.25) is 0 Å². The van der Waals surface area contributed by atoms with Crippen molar-refractivity contribution in [1.82, 2.24) is 24.5 Å². The molecule has 5 fully saturated rings. The summed E-state index contributed by atoms with van der Waals surface area (Å²) in [4.78, 5) is 160. The van der Waals surface area contributed by atoms with Gasteiger partial charge in [-0.2, -0.15) is 25.9 Å². The van der Waals surface area contributed by atoms with Crippen molar-refractivity contribution < 1.29 is 212 Å². The number of hydrogen-bond acceptors (Lipinski definition) is 35. The van der Waals surface area contributed by atoms with Crippen molar-refractivity contribution in [1.29, 1.82) is 0 Å². The van der Waals surface area contributed by atoms with Gasteiger partial charge in [0.2, 0.25) is 0 Å². The SMILES string of the molecule is C=C1C=C(C)C=CN1C1CC(COP(=O)(O)OP(=O)(O)OP(C)(=O)O)C(C)C1(C)C.C=C1C=CN(C2CC(COP(=O)(O)OP(=O)(O)OP(=O)(O)O)C(C)C2(C)C)C(=C)C1.C=C1C=CN(C2CC(COP(=O)(O)OP(=O)(O)OP(C)(=O)O)C(C)C2(C)C)C(=C)C1.C=C1CCC(C)=CN1C1CC(COP(=O)(O)OP(=O)(O)OP(C)(=O)O)C(C)C1(C)C.C=C1CCC=CN1C1CC(COP(=O)(O)OP(=O)(O)OP(C)(=O)O)C(C)C1(C)C. The largest absolute Gasteiger partial charge is 0.490 e. The van der Waals surface area contributed by atoms with Gasteiger partial charge >= 0.3 is 116 Å². The highest BCUT2D eigenvalue weighted by atomic mass is 31.3. The van der Waals surface area contributed by atoms with Gasteiger partial charge in [0.05, 0.1) is 33.0 Å². The first-order valence-corrected chi connectivity index (χ1v) is 71.0. The van der Waals surface area contributed by atoms with E-state index in [2.05, 4.69) is 202 Å². The molecule has 0 aromatic carbocycles. The number of rotatable bonds is 40. The van der Waals surface area contributed by atoms with E-state index < -0.39 is 116 Å². The van der Waals surface area contributed by atoms with E-state index in [9.17, 15) is 117 Å². The second-order valence-corrected chi connectivity index (χ2v) is 66.6. The van der Waals surface area contributed by atoms with Crippen LogP contribution in [0.25, 0.3) is 0 Å². The minimum Gasteiger partial charge on any atom is -0.349 e. The molecule has 858 valence electrons. The van der Waals surface area contributed by atoms with Crippen LogP contribution >= 0.6 is 116 Å². The Kier molecular flexibility index (Phi) is 46.0. The first kappa shape index (κ1) is 135. The summed E-state index contributed by atoms with van der Waals surface area (Å²) < 4.78 is 238. The normalized spacial score (nSPS) is 32.3. The fraction of sp³-hybridized carbons (Fsp3) is 0.687. The van der Waals surface area contributed by atoms with E-state index in [0.29, 0.717) is 71.6 Å². The monoisotopic (exact) mass is 2420 g/mol. The number of nitrogens with zero attached hydrogens (tertiary/aromatic N) is 5. The first-order chi connectivity index (χ1) is 66.8. The van der Waals surface area contributed by atoms with E-state index in [1.807, 2.05) is 90.6 Å². The van der Waals surface area contributed by atoms with Crippen LogP contribution in [0.5, 0.6) is 0 Å². The van der Waals surface area contributed by atoms with Gasteiger partial charge in [-0.1, -0.05) is 162 Å². The molecule has 29 unspecified atom stereocenters. The fourth-order valence-corrected chi connectivity index (χ4v) is 37.1. The average Bonchev–Trinajstić information content (AvgIpc) is 1.63. The highest BCUT2D eigenvalue weighted by molar-refractivity contribution is 7.70. The fourth-order valence-electron chi connectivity index (χ4n) is 19.9. The molecule has 0 aromatic heterocycles. The van der Waals surface area contributed by atoms with Gasteiger partial charge in [0.25, 0.3) is 0 Å². The van der Waals surface area contributed by atoms with E-state index >= 15 is 0 Å². The van der Waals surface area contributed by atoms with Crippen molar-refractivity contribution in [3.63, 3.8) is 0 Å². The molecule has 0 amide bonds. The molecule has 16 N–H and O–H groups in total. The van der Waals surface area contributed by atoms with Crippen LogP contribution in [0.15, 0.2) is 158 Å². The minimum absolute atomic E-state index is 0.0267. The number of phosphoric acid groups is 11. The molecule has 0 saturated heterocycles. The lowest BCUT2D eigenvalue weighted by Crippen LogP contribution is -2.41. The van der Waals surface area contributed by atoms with Crippen molar-refractivity contribution in [3.05, 3.63) is 158 Å². The van der Waals surface area contributed by atoms with Crippen LogP contribution < -0.4 is 0 Å². The Morgan fingerprint density at radius 2 is 0.537 bits per heavy atom. The lowest BCUT2D eigenvalue weighted by atomic mass is 9.77. The van der Waals surface area contributed by atoms with Crippen LogP contribution in [0, 0.1) is 86.3 Å². The summed E-state index contributed by atoms with van der Waals surface area (Å²) in [7, 11) is -74.9. The Hall–Kier alpha value is -2.17. The third-order valence-electron chi connectivity index (χ3n) is 29.0. The Bertz CT molecular complexity index is 5780. The summed E-state index contributed by atoms with van der Waals surface area (Å²) in [6, 6.07) is 0.363. The third kappa shape index (κ3) is 41.1. The zero-order valence-corrected chi connectivity index (χ0v) is 100. The molecule has 5 aliphatic heterocycles. The highest BCUT2D eigenvalue weighted by Gasteiger charge is 2.58. The summed E-state index contributed by atoms with van der Waals surface area (Å²) in [5, 5.41) is 0. The smallest absolute Gasteiger partial charge is 0.349 e. The predicted octanol–water partition coefficient (Wildman–Crippen LogP) is 21.3. The summed E-state index contributed by atoms with van der Waals surface area (Å²) >= 11 is 0. The highest BCUT2D eigenvalue weighted by Crippen LogP contribution is 2.73. The molecule has 10 rings (SSSR count). The quantitative estimate of drug-likeness (QED) is 0.0253. The molecule has 149 heavy (non-hydrogen) atoms. The molecular weight excluding hydrogens is 2270 g/mol. The van der Waals surface area contributed by atoms with Gasteiger partial charge in [-0.05, 0) is 199 Å². The molecular formula is C83H150N5O46P15. The first-order valence-electron chi connectivity index (χ1n) is 46.4. The van der Waals surface area contributed by atoms with E-state index in [1.54, 1.807) is 0 Å². The predicted molar refractivity (Wildman–Crippen MR) is 553 cm³/mol. The van der Waals surface area contributed by atoms with Crippen LogP contribution in [-0.2, 0) is 134 Å². The number of allylic oxidation sites excluding steroid dienone is 11. The maximum absolute atomic E-state index is 12.1. The Morgan fingerprint density at radius 3 is 0.779 bits per heavy atom. The zero-order valence-electron chi connectivity index (χ0n) is 87.0. The maximum atomic E-state index is 12.1. The van der Waals surface area contributed by atoms with Crippen LogP contribution in [0.1, 0.15) is 188 Å². The van der Waals surface area contributed by atoms with Crippen molar-refractivity contribution in [2.45, 2.75) is 219 Å². The van der Waals surface area contributed by atoms with Crippen molar-refractivity contribution in [3.8, 4) is 0 Å². The van der Waals surface area contributed by atoms with Gasteiger partial charge in [-0.25, -0.2) is 67.5 Å². The van der Waals surface area contributed by atoms with Gasteiger partial charge in [0.15, 0.2) is 0 Å². The van der Waals surface area contributed by atoms with E-state index in [0.717, 1.165) is 70.9 Å². The molecule has 5 heterocycles. The molecule has 0 bridgehead atoms. The Balaban J connectivity index is 0.000000284. The second-order valence-electron chi connectivity index (χ2n) is 42.0. The summed E-state index contributed by atoms with van der Waals surface area (Å²) in [5.41, 5.74) is 8.03. The second kappa shape index (κ2) is 50.6. The van der Waals surface area contributed by atoms with Gasteiger partial charge in [0.1, 0.15) is 0 Å². The van der Waals surface area contributed by atoms with Crippen LogP contribution in [0.4, 0.5) is 0 Å². The molecule has 66 heteroatoms. The molecule has 5 aliphatic carbocycles. The molecule has 29 atom stereocenters. The molecule has 0 aromatic rings. The van der Waals surface area contributed by atoms with Crippen molar-refractivity contribution in [2.24, 2.45) is 86.3 Å². The standard InChI is InChI=1S/C17H32NO9P3.2C17H30NO9P3.C16H28NO10P3.C16H30NO9P3/c1-12-7-8-13(2)18(10-12)16-9-15(14(3)17(16,4)5)11-25-29(21,22)27-30(23,24)26-28(6,19)20;2*1-12-7-8-18(13(2)9-12)16-10-15(14(3)17(16,4)5)11-25-29(21,22)27-30(23,24)26-28(6,19)20;1-11-6-7-17(12(2)8-11)15-9-14(13(3)16(15,4)5)10-25-29(21,22)27-30(23,24)26-28(18,19)20;1-12-8-6-7-9-17(12)15-10-14(13(2)16(15,3)4)11-24-28(20,21)26-29(22,23)25-27(5,18)19/h10,14-16H,2,7-9,11H2,1,3-6H3,(H,19,20)(H,21,22)(H,23,24);7-9,14-16H,2,10-11H2,1,3-6H3,(H,19,20)(H,21,22)(H,23,24);7-8,14-16H,1-2,9-11H2,3-6H3,(H,19,20)(H,21,22)(H,23,24);6-7,13-15H,1-2,8-10H2,3-5H3,(H,21,22)(H,23,24)(H2,18,19,20);7,9,13-15H,1,6,8,10-11H2,2-5H3,(H,18,19)(H,20,21)(H,22,23). The summed E-state index contributed by atoms with van der Waals surface area (Å²) in [5.74, 6) is -0.422. The van der Waals surface area contributed by atoms with Gasteiger partial charge in [-0.15, -0.1) is 0 Å².